The normalized spacial score (nSPS) is 19.5. The summed E-state index contributed by atoms with van der Waals surface area (Å²) >= 11 is 8.06. The summed E-state index contributed by atoms with van der Waals surface area (Å²) in [6, 6.07) is 10.6. The van der Waals surface area contributed by atoms with Gasteiger partial charge in [-0.25, -0.2) is 4.98 Å². The second kappa shape index (κ2) is 6.85. The monoisotopic (exact) mass is 410 g/mol. The summed E-state index contributed by atoms with van der Waals surface area (Å²) in [5.74, 6) is 1.09. The summed E-state index contributed by atoms with van der Waals surface area (Å²) < 4.78 is 0. The molecule has 1 aromatic carbocycles. The number of aryl methyl sites for hydroxylation is 2. The fraction of sp³-hybridized carbons (Fsp3) is 0.391. The zero-order chi connectivity index (χ0) is 19.4. The number of carbonyl (C=O) groups excluding carboxylic acids is 1. The molecule has 144 valence electrons. The van der Waals surface area contributed by atoms with Crippen molar-refractivity contribution >= 4 is 39.1 Å². The highest BCUT2D eigenvalue weighted by molar-refractivity contribution is 7.20. The summed E-state index contributed by atoms with van der Waals surface area (Å²) in [6.45, 7) is 5.63. The van der Waals surface area contributed by atoms with Crippen LogP contribution in [0.4, 0.5) is 0 Å². The Labute approximate surface area is 174 Å². The van der Waals surface area contributed by atoms with Gasteiger partial charge in [0.2, 0.25) is 0 Å². The smallest absolute Gasteiger partial charge is 0.264 e. The molecule has 1 aliphatic carbocycles. The van der Waals surface area contributed by atoms with Crippen molar-refractivity contribution in [2.24, 2.45) is 0 Å². The number of pyridine rings is 1. The molecular weight excluding hydrogens is 388 g/mol. The molecule has 2 fully saturated rings. The lowest BCUT2D eigenvalue weighted by molar-refractivity contribution is 0.0794. The van der Waals surface area contributed by atoms with E-state index < -0.39 is 0 Å². The molecule has 3 aromatic rings. The summed E-state index contributed by atoms with van der Waals surface area (Å²) in [4.78, 5) is 22.1. The summed E-state index contributed by atoms with van der Waals surface area (Å²) in [7, 11) is 0. The average Bonchev–Trinajstić information content (AvgIpc) is 3.29. The maximum absolute atomic E-state index is 13.5. The topological polar surface area (TPSA) is 33.2 Å². The van der Waals surface area contributed by atoms with Gasteiger partial charge in [0.05, 0.1) is 15.6 Å². The lowest BCUT2D eigenvalue weighted by Crippen LogP contribution is -2.28. The number of thiophene rings is 1. The number of nitrogens with zero attached hydrogens (tertiary/aromatic N) is 2. The second-order valence-electron chi connectivity index (χ2n) is 8.08. The van der Waals surface area contributed by atoms with Gasteiger partial charge in [-0.15, -0.1) is 11.3 Å². The third kappa shape index (κ3) is 2.94. The van der Waals surface area contributed by atoms with E-state index in [0.717, 1.165) is 63.7 Å². The van der Waals surface area contributed by atoms with Crippen molar-refractivity contribution in [3.8, 4) is 0 Å². The zero-order valence-corrected chi connectivity index (χ0v) is 17.7. The Morgan fingerprint density at radius 1 is 1.14 bits per heavy atom. The molecule has 0 bridgehead atoms. The number of carbonyl (C=O) groups is 1. The Balaban J connectivity index is 1.52. The van der Waals surface area contributed by atoms with E-state index in [4.69, 9.17) is 16.6 Å². The maximum Gasteiger partial charge on any atom is 0.264 e. The fourth-order valence-electron chi connectivity index (χ4n) is 4.46. The van der Waals surface area contributed by atoms with Crippen molar-refractivity contribution < 1.29 is 4.79 Å². The van der Waals surface area contributed by atoms with Crippen LogP contribution in [0.3, 0.4) is 0 Å². The molecule has 5 rings (SSSR count). The number of rotatable bonds is 3. The van der Waals surface area contributed by atoms with E-state index in [9.17, 15) is 4.79 Å². The van der Waals surface area contributed by atoms with Crippen LogP contribution in [0, 0.1) is 13.8 Å². The van der Waals surface area contributed by atoms with Gasteiger partial charge in [0.15, 0.2) is 0 Å². The Bertz CT molecular complexity index is 1070. The van der Waals surface area contributed by atoms with Crippen molar-refractivity contribution in [2.45, 2.75) is 44.9 Å². The highest BCUT2D eigenvalue weighted by atomic mass is 35.5. The molecule has 1 saturated carbocycles. The molecule has 3 nitrogen and oxygen atoms in total. The average molecular weight is 411 g/mol. The lowest BCUT2D eigenvalue weighted by atomic mass is 9.99. The van der Waals surface area contributed by atoms with Crippen LogP contribution in [0.5, 0.6) is 0 Å². The molecule has 1 aliphatic heterocycles. The van der Waals surface area contributed by atoms with Gasteiger partial charge in [-0.1, -0.05) is 41.9 Å². The van der Waals surface area contributed by atoms with Gasteiger partial charge in [-0.2, -0.15) is 0 Å². The zero-order valence-electron chi connectivity index (χ0n) is 16.2. The minimum absolute atomic E-state index is 0.177. The minimum Gasteiger partial charge on any atom is -0.337 e. The number of fused-ring (bicyclic) bond motifs is 1. The van der Waals surface area contributed by atoms with Crippen LogP contribution in [-0.4, -0.2) is 28.9 Å². The molecule has 1 saturated heterocycles. The highest BCUT2D eigenvalue weighted by Crippen LogP contribution is 2.50. The van der Waals surface area contributed by atoms with Gasteiger partial charge in [0, 0.05) is 24.4 Å². The number of hydrogen-bond acceptors (Lipinski definition) is 3. The number of amides is 1. The van der Waals surface area contributed by atoms with Gasteiger partial charge in [-0.05, 0) is 55.7 Å². The van der Waals surface area contributed by atoms with Crippen molar-refractivity contribution in [3.05, 3.63) is 62.6 Å². The predicted molar refractivity (Wildman–Crippen MR) is 116 cm³/mol. The van der Waals surface area contributed by atoms with Crippen molar-refractivity contribution in [1.82, 2.24) is 9.88 Å². The number of hydrogen-bond donors (Lipinski definition) is 0. The third-order valence-corrected chi connectivity index (χ3v) is 7.79. The summed E-state index contributed by atoms with van der Waals surface area (Å²) in [5, 5.41) is 1.86. The molecule has 28 heavy (non-hydrogen) atoms. The van der Waals surface area contributed by atoms with Gasteiger partial charge < -0.3 is 4.90 Å². The Hall–Kier alpha value is -1.91. The van der Waals surface area contributed by atoms with Crippen LogP contribution >= 0.6 is 22.9 Å². The molecule has 0 radical (unpaired) electrons. The highest BCUT2D eigenvalue weighted by Gasteiger charge is 2.36. The van der Waals surface area contributed by atoms with Crippen LogP contribution in [0.2, 0.25) is 5.02 Å². The number of benzene rings is 1. The predicted octanol–water partition coefficient (Wildman–Crippen LogP) is 6.07. The first kappa shape index (κ1) is 18.1. The molecular formula is C23H23ClN2OS. The quantitative estimate of drug-likeness (QED) is 0.524. The SMILES string of the molecule is Cc1nc2sc(C(=O)N3CCC(c4ccccc4)C3)c(C3CC3)c2c(C)c1Cl. The second-order valence-corrected chi connectivity index (χ2v) is 9.46. The molecule has 0 N–H and O–H groups in total. The Morgan fingerprint density at radius 2 is 1.89 bits per heavy atom. The largest absolute Gasteiger partial charge is 0.337 e. The van der Waals surface area contributed by atoms with Gasteiger partial charge in [-0.3, -0.25) is 4.79 Å². The van der Waals surface area contributed by atoms with Gasteiger partial charge in [0.1, 0.15) is 4.83 Å². The fourth-order valence-corrected chi connectivity index (χ4v) is 5.93. The first-order valence-electron chi connectivity index (χ1n) is 9.98. The number of aromatic nitrogens is 1. The molecule has 2 aromatic heterocycles. The lowest BCUT2D eigenvalue weighted by Gasteiger charge is -2.17. The minimum atomic E-state index is 0.177. The van der Waals surface area contributed by atoms with E-state index in [1.54, 1.807) is 11.3 Å². The van der Waals surface area contributed by atoms with Gasteiger partial charge >= 0.3 is 0 Å². The number of halogens is 1. The van der Waals surface area contributed by atoms with E-state index in [-0.39, 0.29) is 5.91 Å². The third-order valence-electron chi connectivity index (χ3n) is 6.14. The molecule has 1 atom stereocenters. The maximum atomic E-state index is 13.5. The standard InChI is InChI=1S/C23H23ClN2OS/c1-13-18-19(16-8-9-16)21(28-22(18)25-14(2)20(13)24)23(27)26-11-10-17(12-26)15-6-4-3-5-7-15/h3-7,16-17H,8-12H2,1-2H3. The van der Waals surface area contributed by atoms with Crippen molar-refractivity contribution in [2.75, 3.05) is 13.1 Å². The molecule has 2 aliphatic rings. The van der Waals surface area contributed by atoms with Crippen LogP contribution in [-0.2, 0) is 0 Å². The molecule has 3 heterocycles. The van der Waals surface area contributed by atoms with Crippen LogP contribution < -0.4 is 0 Å². The first-order chi connectivity index (χ1) is 13.5. The van der Waals surface area contributed by atoms with Gasteiger partial charge in [0.25, 0.3) is 5.91 Å². The van der Waals surface area contributed by atoms with E-state index in [1.165, 1.54) is 11.1 Å². The molecule has 1 amide bonds. The molecule has 5 heteroatoms. The summed E-state index contributed by atoms with van der Waals surface area (Å²) in [5.41, 5.74) is 4.46. The van der Waals surface area contributed by atoms with E-state index in [0.29, 0.717) is 11.8 Å². The van der Waals surface area contributed by atoms with Crippen LogP contribution in [0.15, 0.2) is 30.3 Å². The van der Waals surface area contributed by atoms with E-state index in [1.807, 2.05) is 17.9 Å². The first-order valence-corrected chi connectivity index (χ1v) is 11.2. The molecule has 1 unspecified atom stereocenters. The van der Waals surface area contributed by atoms with E-state index in [2.05, 4.69) is 31.2 Å². The Morgan fingerprint density at radius 3 is 2.61 bits per heavy atom. The van der Waals surface area contributed by atoms with E-state index >= 15 is 0 Å². The van der Waals surface area contributed by atoms with Crippen LogP contribution in [0.25, 0.3) is 10.2 Å². The van der Waals surface area contributed by atoms with Crippen LogP contribution in [0.1, 0.15) is 63.2 Å². The van der Waals surface area contributed by atoms with Crippen molar-refractivity contribution in [1.29, 1.82) is 0 Å². The number of likely N-dealkylation sites (tertiary alicyclic amines) is 1. The summed E-state index contributed by atoms with van der Waals surface area (Å²) in [6.07, 6.45) is 3.34. The Kier molecular flexibility index (Phi) is 4.44. The van der Waals surface area contributed by atoms with Crippen molar-refractivity contribution in [3.63, 3.8) is 0 Å². The molecule has 0 spiro atoms.